The molecule has 0 aliphatic heterocycles. The van der Waals surface area contributed by atoms with Crippen LogP contribution < -0.4 is 11.3 Å². The second kappa shape index (κ2) is 6.51. The number of benzene rings is 2. The van der Waals surface area contributed by atoms with Gasteiger partial charge in [0.15, 0.2) is 9.84 Å². The molecule has 2 aromatic carbocycles. The second-order valence-corrected chi connectivity index (χ2v) is 8.27. The predicted octanol–water partition coefficient (Wildman–Crippen LogP) is 3.01. The molecule has 4 rings (SSSR count). The van der Waals surface area contributed by atoms with Crippen molar-refractivity contribution in [3.05, 3.63) is 93.0 Å². The first-order valence-electron chi connectivity index (χ1n) is 8.15. The summed E-state index contributed by atoms with van der Waals surface area (Å²) in [5, 5.41) is 1.99. The van der Waals surface area contributed by atoms with Crippen LogP contribution in [0.5, 0.6) is 0 Å². The SMILES string of the molecule is O=c1oc(CS(=O)(=O)Cc2cc3ccccc3c(=O)o2)cc2ccccc12. The lowest BCUT2D eigenvalue weighted by Crippen LogP contribution is -2.12. The Bertz CT molecular complexity index is 1280. The van der Waals surface area contributed by atoms with Gasteiger partial charge in [-0.1, -0.05) is 36.4 Å². The number of sulfone groups is 1. The van der Waals surface area contributed by atoms with E-state index < -0.39 is 32.6 Å². The van der Waals surface area contributed by atoms with E-state index in [1.54, 1.807) is 48.5 Å². The highest BCUT2D eigenvalue weighted by Gasteiger charge is 2.18. The van der Waals surface area contributed by atoms with Crippen LogP contribution >= 0.6 is 0 Å². The molecular formula is C20H14O6S. The smallest absolute Gasteiger partial charge is 0.343 e. The Kier molecular flexibility index (Phi) is 4.16. The van der Waals surface area contributed by atoms with Gasteiger partial charge in [-0.25, -0.2) is 18.0 Å². The van der Waals surface area contributed by atoms with Gasteiger partial charge in [0, 0.05) is 0 Å². The van der Waals surface area contributed by atoms with Crippen LogP contribution in [0.15, 0.2) is 79.1 Å². The summed E-state index contributed by atoms with van der Waals surface area (Å²) in [7, 11) is -3.72. The first kappa shape index (κ1) is 17.2. The summed E-state index contributed by atoms with van der Waals surface area (Å²) in [4.78, 5) is 24.0. The van der Waals surface area contributed by atoms with Crippen molar-refractivity contribution < 1.29 is 17.3 Å². The average Bonchev–Trinajstić information content (AvgIpc) is 2.61. The molecule has 2 aromatic heterocycles. The minimum Gasteiger partial charge on any atom is -0.426 e. The van der Waals surface area contributed by atoms with Crippen LogP contribution in [0, 0.1) is 0 Å². The van der Waals surface area contributed by atoms with Crippen molar-refractivity contribution in [1.82, 2.24) is 0 Å². The Morgan fingerprint density at radius 3 is 1.52 bits per heavy atom. The average molecular weight is 382 g/mol. The van der Waals surface area contributed by atoms with E-state index >= 15 is 0 Å². The molecule has 27 heavy (non-hydrogen) atoms. The molecule has 0 radical (unpaired) electrons. The van der Waals surface area contributed by atoms with Gasteiger partial charge in [0.05, 0.1) is 10.8 Å². The van der Waals surface area contributed by atoms with Crippen molar-refractivity contribution in [2.24, 2.45) is 0 Å². The van der Waals surface area contributed by atoms with Crippen LogP contribution in [0.25, 0.3) is 21.5 Å². The van der Waals surface area contributed by atoms with Gasteiger partial charge in [0.1, 0.15) is 23.0 Å². The van der Waals surface area contributed by atoms with Crippen molar-refractivity contribution >= 4 is 31.4 Å². The van der Waals surface area contributed by atoms with Crippen LogP contribution in [0.3, 0.4) is 0 Å². The van der Waals surface area contributed by atoms with E-state index in [-0.39, 0.29) is 11.5 Å². The summed E-state index contributed by atoms with van der Waals surface area (Å²) in [6.45, 7) is 0. The molecule has 7 heteroatoms. The van der Waals surface area contributed by atoms with E-state index in [0.29, 0.717) is 21.5 Å². The number of rotatable bonds is 4. The molecule has 0 aliphatic rings. The molecule has 0 spiro atoms. The molecule has 0 bridgehead atoms. The zero-order valence-electron chi connectivity index (χ0n) is 14.0. The molecule has 6 nitrogen and oxygen atoms in total. The maximum absolute atomic E-state index is 12.5. The van der Waals surface area contributed by atoms with E-state index in [1.165, 1.54) is 12.1 Å². The maximum atomic E-state index is 12.5. The van der Waals surface area contributed by atoms with Crippen LogP contribution in [0.2, 0.25) is 0 Å². The van der Waals surface area contributed by atoms with Gasteiger partial charge in [-0.3, -0.25) is 0 Å². The van der Waals surface area contributed by atoms with Crippen molar-refractivity contribution in [3.63, 3.8) is 0 Å². The third kappa shape index (κ3) is 3.54. The van der Waals surface area contributed by atoms with E-state index in [4.69, 9.17) is 8.83 Å². The molecular weight excluding hydrogens is 368 g/mol. The Morgan fingerprint density at radius 2 is 1.07 bits per heavy atom. The highest BCUT2D eigenvalue weighted by molar-refractivity contribution is 7.89. The fraction of sp³-hybridized carbons (Fsp3) is 0.100. The Morgan fingerprint density at radius 1 is 0.667 bits per heavy atom. The van der Waals surface area contributed by atoms with Crippen molar-refractivity contribution in [2.45, 2.75) is 11.5 Å². The molecule has 0 saturated heterocycles. The van der Waals surface area contributed by atoms with Crippen molar-refractivity contribution in [3.8, 4) is 0 Å². The predicted molar refractivity (Wildman–Crippen MR) is 101 cm³/mol. The summed E-state index contributed by atoms with van der Waals surface area (Å²) in [5.74, 6) is -0.851. The lowest BCUT2D eigenvalue weighted by molar-refractivity contribution is 0.471. The minimum absolute atomic E-state index is 0.0434. The van der Waals surface area contributed by atoms with E-state index in [0.717, 1.165) is 0 Å². The van der Waals surface area contributed by atoms with Gasteiger partial charge in [-0.05, 0) is 35.0 Å². The lowest BCUT2D eigenvalue weighted by atomic mass is 10.2. The van der Waals surface area contributed by atoms with Gasteiger partial charge in [0.25, 0.3) is 0 Å². The number of hydrogen-bond acceptors (Lipinski definition) is 6. The summed E-state index contributed by atoms with van der Waals surface area (Å²) >= 11 is 0. The summed E-state index contributed by atoms with van der Waals surface area (Å²) < 4.78 is 35.3. The molecule has 0 fully saturated rings. The monoisotopic (exact) mass is 382 g/mol. The standard InChI is InChI=1S/C20H14O6S/c21-19-17-7-3-1-5-13(17)9-15(25-19)11-27(23,24)12-16-10-14-6-2-4-8-18(14)20(22)26-16/h1-10H,11-12H2. The molecule has 0 atom stereocenters. The zero-order valence-corrected chi connectivity index (χ0v) is 14.9. The highest BCUT2D eigenvalue weighted by atomic mass is 32.2. The third-order valence-corrected chi connectivity index (χ3v) is 5.62. The van der Waals surface area contributed by atoms with Crippen LogP contribution in [0.1, 0.15) is 11.5 Å². The first-order chi connectivity index (χ1) is 12.9. The van der Waals surface area contributed by atoms with Gasteiger partial charge in [0.2, 0.25) is 0 Å². The van der Waals surface area contributed by atoms with Gasteiger partial charge < -0.3 is 8.83 Å². The largest absolute Gasteiger partial charge is 0.426 e. The van der Waals surface area contributed by atoms with E-state index in [2.05, 4.69) is 0 Å². The fourth-order valence-electron chi connectivity index (χ4n) is 3.00. The second-order valence-electron chi connectivity index (χ2n) is 6.21. The number of hydrogen-bond donors (Lipinski definition) is 0. The summed E-state index contributed by atoms with van der Waals surface area (Å²) in [5.41, 5.74) is -1.17. The molecule has 0 aliphatic carbocycles. The Labute approximate surface area is 153 Å². The van der Waals surface area contributed by atoms with Gasteiger partial charge >= 0.3 is 11.3 Å². The van der Waals surface area contributed by atoms with Crippen LogP contribution in [-0.4, -0.2) is 8.42 Å². The van der Waals surface area contributed by atoms with E-state index in [1.807, 2.05) is 0 Å². The maximum Gasteiger partial charge on any atom is 0.343 e. The topological polar surface area (TPSA) is 94.6 Å². The van der Waals surface area contributed by atoms with Gasteiger partial charge in [-0.2, -0.15) is 0 Å². The minimum atomic E-state index is -3.72. The summed E-state index contributed by atoms with van der Waals surface area (Å²) in [6.07, 6.45) is 0. The molecule has 0 saturated carbocycles. The molecule has 4 aromatic rings. The van der Waals surface area contributed by atoms with Crippen LogP contribution in [0.4, 0.5) is 0 Å². The zero-order chi connectivity index (χ0) is 19.0. The van der Waals surface area contributed by atoms with E-state index in [9.17, 15) is 18.0 Å². The molecule has 0 N–H and O–H groups in total. The summed E-state index contributed by atoms with van der Waals surface area (Å²) in [6, 6.07) is 16.6. The third-order valence-electron chi connectivity index (χ3n) is 4.17. The highest BCUT2D eigenvalue weighted by Crippen LogP contribution is 2.18. The molecule has 0 unspecified atom stereocenters. The van der Waals surface area contributed by atoms with Gasteiger partial charge in [-0.15, -0.1) is 0 Å². The quantitative estimate of drug-likeness (QED) is 0.538. The molecule has 2 heterocycles. The van der Waals surface area contributed by atoms with Crippen LogP contribution in [-0.2, 0) is 21.3 Å². The normalized spacial score (nSPS) is 11.9. The van der Waals surface area contributed by atoms with Crippen molar-refractivity contribution in [1.29, 1.82) is 0 Å². The lowest BCUT2D eigenvalue weighted by Gasteiger charge is -2.05. The fourth-order valence-corrected chi connectivity index (χ4v) is 4.25. The molecule has 0 amide bonds. The Balaban J connectivity index is 1.67. The Hall–Kier alpha value is -3.19. The number of fused-ring (bicyclic) bond motifs is 2. The van der Waals surface area contributed by atoms with Crippen molar-refractivity contribution in [2.75, 3.05) is 0 Å². The molecule has 136 valence electrons. The first-order valence-corrected chi connectivity index (χ1v) is 9.97.